The fourth-order valence-corrected chi connectivity index (χ4v) is 2.82. The minimum atomic E-state index is -0.594. The summed E-state index contributed by atoms with van der Waals surface area (Å²) >= 11 is 0. The number of Topliss-reactive ketones (excluding diaryl/α,β-unsaturated/α-hetero) is 1. The van der Waals surface area contributed by atoms with Crippen molar-refractivity contribution in [3.8, 4) is 11.5 Å². The van der Waals surface area contributed by atoms with Crippen LogP contribution in [0.2, 0.25) is 0 Å². The molecule has 7 heteroatoms. The van der Waals surface area contributed by atoms with Crippen LogP contribution in [0.15, 0.2) is 36.4 Å². The van der Waals surface area contributed by atoms with Gasteiger partial charge in [-0.05, 0) is 48.4 Å². The molecule has 0 aliphatic carbocycles. The van der Waals surface area contributed by atoms with Crippen molar-refractivity contribution in [3.05, 3.63) is 53.1 Å². The van der Waals surface area contributed by atoms with Gasteiger partial charge in [0.15, 0.2) is 23.9 Å². The molecule has 27 heavy (non-hydrogen) atoms. The lowest BCUT2D eigenvalue weighted by molar-refractivity contribution is -0.116. The van der Waals surface area contributed by atoms with Crippen LogP contribution in [0.3, 0.4) is 0 Å². The lowest BCUT2D eigenvalue weighted by atomic mass is 10.0. The summed E-state index contributed by atoms with van der Waals surface area (Å²) in [5.74, 6) is -0.0602. The molecular formula is C20H19NO6. The summed E-state index contributed by atoms with van der Waals surface area (Å²) in [6.45, 7) is -0.387. The first-order valence-electron chi connectivity index (χ1n) is 8.37. The maximum absolute atomic E-state index is 12.3. The highest BCUT2D eigenvalue weighted by molar-refractivity contribution is 6.00. The molecule has 0 spiro atoms. The van der Waals surface area contributed by atoms with Crippen molar-refractivity contribution < 1.29 is 28.6 Å². The number of benzene rings is 2. The molecule has 1 aliphatic heterocycles. The number of hydrogen-bond donors (Lipinski definition) is 1. The first-order valence-corrected chi connectivity index (χ1v) is 8.37. The van der Waals surface area contributed by atoms with Gasteiger partial charge in [-0.3, -0.25) is 9.59 Å². The van der Waals surface area contributed by atoms with Gasteiger partial charge in [0.05, 0.1) is 19.8 Å². The third kappa shape index (κ3) is 4.08. The van der Waals surface area contributed by atoms with Crippen LogP contribution in [-0.2, 0) is 16.0 Å². The molecular weight excluding hydrogens is 350 g/mol. The lowest BCUT2D eigenvalue weighted by Gasteiger charge is -2.17. The van der Waals surface area contributed by atoms with Gasteiger partial charge in [0.2, 0.25) is 5.91 Å². The zero-order valence-corrected chi connectivity index (χ0v) is 15.0. The second-order valence-corrected chi connectivity index (χ2v) is 5.99. The van der Waals surface area contributed by atoms with Crippen LogP contribution < -0.4 is 14.8 Å². The third-order valence-electron chi connectivity index (χ3n) is 4.28. The summed E-state index contributed by atoms with van der Waals surface area (Å²) in [6, 6.07) is 9.64. The van der Waals surface area contributed by atoms with Gasteiger partial charge in [-0.25, -0.2) is 4.79 Å². The quantitative estimate of drug-likeness (QED) is 0.622. The largest absolute Gasteiger partial charge is 0.493 e. The Hall–Kier alpha value is -3.35. The number of nitrogens with one attached hydrogen (secondary N) is 1. The topological polar surface area (TPSA) is 90.9 Å². The molecule has 3 rings (SSSR count). The Balaban J connectivity index is 1.65. The molecule has 0 radical (unpaired) electrons. The number of esters is 1. The van der Waals surface area contributed by atoms with Gasteiger partial charge >= 0.3 is 5.97 Å². The van der Waals surface area contributed by atoms with E-state index in [1.807, 2.05) is 0 Å². The van der Waals surface area contributed by atoms with E-state index in [1.54, 1.807) is 30.3 Å². The Morgan fingerprint density at radius 3 is 2.44 bits per heavy atom. The summed E-state index contributed by atoms with van der Waals surface area (Å²) in [4.78, 5) is 35.9. The van der Waals surface area contributed by atoms with Gasteiger partial charge < -0.3 is 19.5 Å². The Bertz CT molecular complexity index is 905. The van der Waals surface area contributed by atoms with Gasteiger partial charge in [0.25, 0.3) is 0 Å². The minimum absolute atomic E-state index is 0.0432. The lowest BCUT2D eigenvalue weighted by Crippen LogP contribution is -2.20. The molecule has 0 saturated heterocycles. The number of fused-ring (bicyclic) bond motifs is 1. The average molecular weight is 369 g/mol. The summed E-state index contributed by atoms with van der Waals surface area (Å²) in [6.07, 6.45) is 0.941. The average Bonchev–Trinajstić information content (AvgIpc) is 2.70. The molecule has 0 fully saturated rings. The van der Waals surface area contributed by atoms with Crippen LogP contribution in [0.25, 0.3) is 0 Å². The fraction of sp³-hybridized carbons (Fsp3) is 0.250. The second-order valence-electron chi connectivity index (χ2n) is 5.99. The number of methoxy groups -OCH3 is 2. The monoisotopic (exact) mass is 369 g/mol. The van der Waals surface area contributed by atoms with E-state index in [2.05, 4.69) is 5.32 Å². The first kappa shape index (κ1) is 18.4. The Labute approximate surface area is 156 Å². The van der Waals surface area contributed by atoms with E-state index in [1.165, 1.54) is 20.3 Å². The van der Waals surface area contributed by atoms with Crippen molar-refractivity contribution in [1.82, 2.24) is 0 Å². The molecule has 2 aromatic rings. The van der Waals surface area contributed by atoms with Crippen molar-refractivity contribution in [1.29, 1.82) is 0 Å². The van der Waals surface area contributed by atoms with Crippen LogP contribution in [0, 0.1) is 0 Å². The number of aryl methyl sites for hydroxylation is 1. The highest BCUT2D eigenvalue weighted by Gasteiger charge is 2.18. The number of hydrogen-bond acceptors (Lipinski definition) is 6. The predicted molar refractivity (Wildman–Crippen MR) is 97.6 cm³/mol. The number of carbonyl (C=O) groups excluding carboxylic acids is 3. The molecule has 0 bridgehead atoms. The zero-order valence-electron chi connectivity index (χ0n) is 15.0. The predicted octanol–water partition coefficient (Wildman–Crippen LogP) is 2.63. The molecule has 1 amide bonds. The Morgan fingerprint density at radius 2 is 1.70 bits per heavy atom. The van der Waals surface area contributed by atoms with Gasteiger partial charge in [-0.15, -0.1) is 0 Å². The number of amides is 1. The highest BCUT2D eigenvalue weighted by atomic mass is 16.5. The maximum atomic E-state index is 12.3. The van der Waals surface area contributed by atoms with Crippen molar-refractivity contribution >= 4 is 23.3 Å². The second kappa shape index (κ2) is 7.90. The van der Waals surface area contributed by atoms with E-state index >= 15 is 0 Å². The smallest absolute Gasteiger partial charge is 0.338 e. The normalized spacial score (nSPS) is 12.6. The van der Waals surface area contributed by atoms with E-state index in [0.29, 0.717) is 41.2 Å². The van der Waals surface area contributed by atoms with Crippen LogP contribution in [-0.4, -0.2) is 38.5 Å². The van der Waals surface area contributed by atoms with E-state index in [9.17, 15) is 14.4 Å². The van der Waals surface area contributed by atoms with E-state index in [0.717, 1.165) is 5.56 Å². The third-order valence-corrected chi connectivity index (χ3v) is 4.28. The van der Waals surface area contributed by atoms with E-state index in [-0.39, 0.29) is 18.3 Å². The molecule has 2 aromatic carbocycles. The van der Waals surface area contributed by atoms with Gasteiger partial charge in [0.1, 0.15) is 0 Å². The number of rotatable bonds is 6. The van der Waals surface area contributed by atoms with Crippen LogP contribution in [0.5, 0.6) is 11.5 Å². The zero-order chi connectivity index (χ0) is 19.4. The molecule has 0 unspecified atom stereocenters. The summed E-state index contributed by atoms with van der Waals surface area (Å²) < 4.78 is 15.4. The fourth-order valence-electron chi connectivity index (χ4n) is 2.82. The Morgan fingerprint density at radius 1 is 0.963 bits per heavy atom. The van der Waals surface area contributed by atoms with Gasteiger partial charge in [-0.1, -0.05) is 0 Å². The molecule has 7 nitrogen and oxygen atoms in total. The number of carbonyl (C=O) groups is 3. The number of ether oxygens (including phenoxy) is 3. The highest BCUT2D eigenvalue weighted by Crippen LogP contribution is 2.28. The summed E-state index contributed by atoms with van der Waals surface area (Å²) in [5.41, 5.74) is 2.26. The van der Waals surface area contributed by atoms with Gasteiger partial charge in [0, 0.05) is 17.7 Å². The van der Waals surface area contributed by atoms with E-state index < -0.39 is 5.97 Å². The number of anilines is 1. The van der Waals surface area contributed by atoms with Crippen LogP contribution >= 0.6 is 0 Å². The van der Waals surface area contributed by atoms with Crippen molar-refractivity contribution in [2.24, 2.45) is 0 Å². The molecule has 1 heterocycles. The standard InChI is InChI=1S/C20H19NO6/c1-25-17-7-4-13(10-18(17)26-2)16(22)11-27-20(24)14-3-6-15-12(9-14)5-8-19(23)21-15/h3-4,6-7,9-10H,5,8,11H2,1-2H3,(H,21,23). The molecule has 0 atom stereocenters. The first-order chi connectivity index (χ1) is 13.0. The Kier molecular flexibility index (Phi) is 5.40. The van der Waals surface area contributed by atoms with Crippen molar-refractivity contribution in [2.45, 2.75) is 12.8 Å². The van der Waals surface area contributed by atoms with Crippen LogP contribution in [0.4, 0.5) is 5.69 Å². The minimum Gasteiger partial charge on any atom is -0.493 e. The van der Waals surface area contributed by atoms with Gasteiger partial charge in [-0.2, -0.15) is 0 Å². The molecule has 0 saturated carbocycles. The maximum Gasteiger partial charge on any atom is 0.338 e. The summed E-state index contributed by atoms with van der Waals surface area (Å²) in [7, 11) is 2.98. The van der Waals surface area contributed by atoms with Crippen molar-refractivity contribution in [3.63, 3.8) is 0 Å². The molecule has 1 aliphatic rings. The molecule has 0 aromatic heterocycles. The van der Waals surface area contributed by atoms with Crippen molar-refractivity contribution in [2.75, 3.05) is 26.1 Å². The summed E-state index contributed by atoms with van der Waals surface area (Å²) in [5, 5.41) is 2.75. The SMILES string of the molecule is COc1ccc(C(=O)COC(=O)c2ccc3c(c2)CCC(=O)N3)cc1OC. The van der Waals surface area contributed by atoms with Crippen LogP contribution in [0.1, 0.15) is 32.7 Å². The van der Waals surface area contributed by atoms with E-state index in [4.69, 9.17) is 14.2 Å². The molecule has 140 valence electrons. The number of ketones is 1. The molecule has 1 N–H and O–H groups in total.